The minimum atomic E-state index is -1.00. The van der Waals surface area contributed by atoms with Gasteiger partial charge in [0.2, 0.25) is 5.91 Å². The van der Waals surface area contributed by atoms with E-state index in [1.54, 1.807) is 49.6 Å². The molecule has 2 fully saturated rings. The number of carbonyl (C=O) groups excluding carboxylic acids is 2. The normalized spacial score (nSPS) is 21.3. The fourth-order valence-electron chi connectivity index (χ4n) is 4.83. The van der Waals surface area contributed by atoms with Crippen molar-refractivity contribution in [3.05, 3.63) is 78.4 Å². The Bertz CT molecular complexity index is 1250. The zero-order valence-electron chi connectivity index (χ0n) is 19.7. The number of anilines is 2. The van der Waals surface area contributed by atoms with Crippen LogP contribution in [0, 0.1) is 5.92 Å². The Kier molecular flexibility index (Phi) is 6.05. The Labute approximate surface area is 203 Å². The molecule has 0 bridgehead atoms. The van der Waals surface area contributed by atoms with Crippen molar-refractivity contribution >= 4 is 23.2 Å². The Balaban J connectivity index is 1.64. The van der Waals surface area contributed by atoms with Crippen LogP contribution in [0.3, 0.4) is 0 Å². The van der Waals surface area contributed by atoms with E-state index in [1.165, 1.54) is 4.90 Å². The topological polar surface area (TPSA) is 77.5 Å². The van der Waals surface area contributed by atoms with Gasteiger partial charge in [0.05, 0.1) is 32.2 Å². The zero-order chi connectivity index (χ0) is 24.5. The highest BCUT2D eigenvalue weighted by atomic mass is 16.7. The minimum absolute atomic E-state index is 0.361. The van der Waals surface area contributed by atoms with Crippen molar-refractivity contribution in [1.29, 1.82) is 0 Å². The fraction of sp³-hybridized carbons (Fsp3) is 0.259. The summed E-state index contributed by atoms with van der Waals surface area (Å²) < 4.78 is 16.9. The average molecular weight is 475 g/mol. The maximum absolute atomic E-state index is 13.9. The highest BCUT2D eigenvalue weighted by molar-refractivity contribution is 6.24. The van der Waals surface area contributed by atoms with Gasteiger partial charge in [-0.2, -0.15) is 0 Å². The fourth-order valence-corrected chi connectivity index (χ4v) is 4.83. The van der Waals surface area contributed by atoms with E-state index in [2.05, 4.69) is 0 Å². The number of benzene rings is 3. The largest absolute Gasteiger partial charge is 0.493 e. The average Bonchev–Trinajstić information content (AvgIpc) is 3.40. The van der Waals surface area contributed by atoms with E-state index < -0.39 is 24.0 Å². The molecule has 8 nitrogen and oxygen atoms in total. The van der Waals surface area contributed by atoms with Crippen LogP contribution in [0.25, 0.3) is 0 Å². The molecule has 2 saturated heterocycles. The van der Waals surface area contributed by atoms with Crippen molar-refractivity contribution in [2.45, 2.75) is 19.1 Å². The number of amides is 2. The van der Waals surface area contributed by atoms with Gasteiger partial charge in [-0.25, -0.2) is 9.96 Å². The Morgan fingerprint density at radius 1 is 0.829 bits per heavy atom. The Hall–Kier alpha value is -4.04. The molecule has 8 heteroatoms. The lowest BCUT2D eigenvalue weighted by molar-refractivity contribution is -0.126. The van der Waals surface area contributed by atoms with Crippen molar-refractivity contribution in [2.24, 2.45) is 5.92 Å². The maximum atomic E-state index is 13.9. The molecule has 0 unspecified atom stereocenters. The summed E-state index contributed by atoms with van der Waals surface area (Å²) >= 11 is 0. The van der Waals surface area contributed by atoms with E-state index in [-0.39, 0.29) is 5.91 Å². The van der Waals surface area contributed by atoms with Crippen LogP contribution >= 0.6 is 0 Å². The van der Waals surface area contributed by atoms with Crippen molar-refractivity contribution in [3.63, 3.8) is 0 Å². The lowest BCUT2D eigenvalue weighted by Crippen LogP contribution is -2.37. The SMILES string of the molecule is CCOc1ccccc1N1C(=O)[C@@H]2[C@H](ON(c3ccccc3)[C@H]2c2cccc(OC)c2OC)C1=O. The highest BCUT2D eigenvalue weighted by Gasteiger charge is 2.61. The first kappa shape index (κ1) is 22.7. The first-order chi connectivity index (χ1) is 17.1. The second-order valence-corrected chi connectivity index (χ2v) is 8.15. The van der Waals surface area contributed by atoms with E-state index in [0.717, 1.165) is 5.69 Å². The second-order valence-electron chi connectivity index (χ2n) is 8.15. The summed E-state index contributed by atoms with van der Waals surface area (Å²) in [5.74, 6) is -0.126. The monoisotopic (exact) mass is 474 g/mol. The third-order valence-corrected chi connectivity index (χ3v) is 6.28. The molecule has 2 aliphatic heterocycles. The van der Waals surface area contributed by atoms with Crippen LogP contribution in [0.15, 0.2) is 72.8 Å². The van der Waals surface area contributed by atoms with Crippen molar-refractivity contribution in [3.8, 4) is 17.2 Å². The number of rotatable bonds is 7. The number of carbonyl (C=O) groups is 2. The third kappa shape index (κ3) is 3.66. The number of hydroxylamine groups is 1. The molecule has 0 N–H and O–H groups in total. The van der Waals surface area contributed by atoms with Crippen LogP contribution < -0.4 is 24.2 Å². The standard InChI is InChI=1S/C27H26N2O6/c1-4-34-20-15-9-8-14-19(20)28-26(30)22-23(18-13-10-16-21(32-2)24(18)33-3)29(35-25(22)27(28)31)17-11-6-5-7-12-17/h5-16,22-23,25H,4H2,1-3H3/t22-,23-,25-/m0/s1. The van der Waals surface area contributed by atoms with Gasteiger partial charge in [0.25, 0.3) is 5.91 Å². The summed E-state index contributed by atoms with van der Waals surface area (Å²) in [6, 6.07) is 21.3. The number of ether oxygens (including phenoxy) is 3. The van der Waals surface area contributed by atoms with Crippen LogP contribution in [-0.2, 0) is 14.4 Å². The van der Waals surface area contributed by atoms with Crippen molar-refractivity contribution in [2.75, 3.05) is 30.8 Å². The lowest BCUT2D eigenvalue weighted by atomic mass is 9.89. The molecule has 2 amide bonds. The van der Waals surface area contributed by atoms with Gasteiger partial charge in [-0.1, -0.05) is 42.5 Å². The number of nitrogens with zero attached hydrogens (tertiary/aromatic N) is 2. The molecule has 180 valence electrons. The van der Waals surface area contributed by atoms with Crippen LogP contribution in [0.4, 0.5) is 11.4 Å². The highest BCUT2D eigenvalue weighted by Crippen LogP contribution is 2.51. The van der Waals surface area contributed by atoms with Gasteiger partial charge >= 0.3 is 0 Å². The predicted molar refractivity (Wildman–Crippen MR) is 130 cm³/mol. The molecule has 3 aromatic carbocycles. The molecule has 0 radical (unpaired) electrons. The van der Waals surface area contributed by atoms with Gasteiger partial charge < -0.3 is 14.2 Å². The number of para-hydroxylation sites is 4. The molecule has 3 atom stereocenters. The van der Waals surface area contributed by atoms with E-state index in [4.69, 9.17) is 19.0 Å². The van der Waals surface area contributed by atoms with E-state index in [9.17, 15) is 9.59 Å². The lowest BCUT2D eigenvalue weighted by Gasteiger charge is -2.30. The van der Waals surface area contributed by atoms with Crippen LogP contribution in [0.2, 0.25) is 0 Å². The van der Waals surface area contributed by atoms with Gasteiger partial charge in [-0.05, 0) is 37.3 Å². The molecular weight excluding hydrogens is 448 g/mol. The number of methoxy groups -OCH3 is 2. The molecule has 35 heavy (non-hydrogen) atoms. The summed E-state index contributed by atoms with van der Waals surface area (Å²) in [6.07, 6.45) is -1.00. The van der Waals surface area contributed by atoms with Gasteiger partial charge in [-0.3, -0.25) is 14.4 Å². The van der Waals surface area contributed by atoms with Crippen LogP contribution in [0.1, 0.15) is 18.5 Å². The predicted octanol–water partition coefficient (Wildman–Crippen LogP) is 4.15. The molecular formula is C27H26N2O6. The summed E-state index contributed by atoms with van der Waals surface area (Å²) in [5, 5.41) is 1.63. The van der Waals surface area contributed by atoms with E-state index >= 15 is 0 Å². The first-order valence-corrected chi connectivity index (χ1v) is 11.4. The number of hydrogen-bond acceptors (Lipinski definition) is 7. The molecule has 0 aliphatic carbocycles. The van der Waals surface area contributed by atoms with Gasteiger partial charge in [0.15, 0.2) is 17.6 Å². The number of hydrogen-bond donors (Lipinski definition) is 0. The summed E-state index contributed by atoms with van der Waals surface area (Å²) in [5.41, 5.74) is 1.81. The second kappa shape index (κ2) is 9.31. The maximum Gasteiger partial charge on any atom is 0.266 e. The molecule has 0 spiro atoms. The van der Waals surface area contributed by atoms with Crippen molar-refractivity contribution < 1.29 is 28.6 Å². The van der Waals surface area contributed by atoms with Crippen LogP contribution in [-0.4, -0.2) is 38.7 Å². The smallest absolute Gasteiger partial charge is 0.266 e. The van der Waals surface area contributed by atoms with Gasteiger partial charge in [0.1, 0.15) is 17.7 Å². The molecule has 2 heterocycles. The Morgan fingerprint density at radius 2 is 1.54 bits per heavy atom. The zero-order valence-corrected chi connectivity index (χ0v) is 19.7. The quantitative estimate of drug-likeness (QED) is 0.476. The van der Waals surface area contributed by atoms with E-state index in [1.807, 2.05) is 49.4 Å². The molecule has 5 rings (SSSR count). The van der Waals surface area contributed by atoms with E-state index in [0.29, 0.717) is 35.1 Å². The van der Waals surface area contributed by atoms with Crippen LogP contribution in [0.5, 0.6) is 17.2 Å². The number of imide groups is 1. The number of fused-ring (bicyclic) bond motifs is 1. The minimum Gasteiger partial charge on any atom is -0.493 e. The molecule has 2 aliphatic rings. The first-order valence-electron chi connectivity index (χ1n) is 11.4. The molecule has 0 aromatic heterocycles. The summed E-state index contributed by atoms with van der Waals surface area (Å²) in [6.45, 7) is 2.26. The Morgan fingerprint density at radius 3 is 2.26 bits per heavy atom. The molecule has 0 saturated carbocycles. The summed E-state index contributed by atoms with van der Waals surface area (Å²) in [7, 11) is 3.11. The van der Waals surface area contributed by atoms with Gasteiger partial charge in [-0.15, -0.1) is 0 Å². The summed E-state index contributed by atoms with van der Waals surface area (Å²) in [4.78, 5) is 35.0. The van der Waals surface area contributed by atoms with Gasteiger partial charge in [0, 0.05) is 5.56 Å². The third-order valence-electron chi connectivity index (χ3n) is 6.28. The molecule has 3 aromatic rings. The van der Waals surface area contributed by atoms with Crippen molar-refractivity contribution in [1.82, 2.24) is 0 Å².